The number of aryl methyl sites for hydroxylation is 4. The molecule has 2 aromatic carbocycles. The highest BCUT2D eigenvalue weighted by Crippen LogP contribution is 2.18. The van der Waals surface area contributed by atoms with E-state index in [9.17, 15) is 4.79 Å². The molecule has 1 aromatic heterocycles. The molecule has 0 fully saturated rings. The summed E-state index contributed by atoms with van der Waals surface area (Å²) in [4.78, 5) is 12.3. The number of carbonyl (C=O) groups excluding carboxylic acids is 1. The lowest BCUT2D eigenvalue weighted by atomic mass is 10.1. The first-order chi connectivity index (χ1) is 10.9. The summed E-state index contributed by atoms with van der Waals surface area (Å²) in [6.45, 7) is 8.26. The molecule has 0 unspecified atom stereocenters. The van der Waals surface area contributed by atoms with E-state index >= 15 is 0 Å². The third kappa shape index (κ3) is 3.23. The Morgan fingerprint density at radius 3 is 2.35 bits per heavy atom. The number of fused-ring (bicyclic) bond motifs is 1. The molecule has 118 valence electrons. The van der Waals surface area contributed by atoms with Crippen LogP contribution >= 0.6 is 0 Å². The van der Waals surface area contributed by atoms with Gasteiger partial charge < -0.3 is 5.32 Å². The van der Waals surface area contributed by atoms with Gasteiger partial charge in [0.1, 0.15) is 12.1 Å². The number of hydrogen-bond donors (Lipinski definition) is 1. The van der Waals surface area contributed by atoms with Gasteiger partial charge in [0.2, 0.25) is 5.91 Å². The molecule has 1 N–H and O–H groups in total. The van der Waals surface area contributed by atoms with E-state index in [1.165, 1.54) is 5.56 Å². The van der Waals surface area contributed by atoms with Crippen molar-refractivity contribution in [1.29, 1.82) is 0 Å². The Bertz CT molecular complexity index is 875. The normalized spacial score (nSPS) is 11.0. The number of nitrogens with zero attached hydrogens (tertiary/aromatic N) is 3. The van der Waals surface area contributed by atoms with Crippen molar-refractivity contribution in [1.82, 2.24) is 15.0 Å². The lowest BCUT2D eigenvalue weighted by Crippen LogP contribution is -2.19. The van der Waals surface area contributed by atoms with Crippen LogP contribution < -0.4 is 5.32 Å². The van der Waals surface area contributed by atoms with Gasteiger partial charge in [-0.1, -0.05) is 11.3 Å². The van der Waals surface area contributed by atoms with Crippen molar-refractivity contribution in [2.24, 2.45) is 0 Å². The lowest BCUT2D eigenvalue weighted by molar-refractivity contribution is -0.116. The van der Waals surface area contributed by atoms with E-state index in [0.717, 1.165) is 33.4 Å². The van der Waals surface area contributed by atoms with E-state index in [0.29, 0.717) is 0 Å². The number of amides is 1. The minimum Gasteiger partial charge on any atom is -0.324 e. The first-order valence-corrected chi connectivity index (χ1v) is 7.61. The Kier molecular flexibility index (Phi) is 3.86. The van der Waals surface area contributed by atoms with Gasteiger partial charge in [-0.05, 0) is 74.2 Å². The third-order valence-corrected chi connectivity index (χ3v) is 3.93. The van der Waals surface area contributed by atoms with Gasteiger partial charge in [0.05, 0.1) is 5.52 Å². The molecule has 0 bridgehead atoms. The Hall–Kier alpha value is -2.69. The van der Waals surface area contributed by atoms with Crippen molar-refractivity contribution < 1.29 is 4.79 Å². The first kappa shape index (κ1) is 15.2. The molecule has 23 heavy (non-hydrogen) atoms. The molecule has 0 aliphatic rings. The summed E-state index contributed by atoms with van der Waals surface area (Å²) in [7, 11) is 0. The summed E-state index contributed by atoms with van der Waals surface area (Å²) in [6, 6.07) is 10.0. The standard InChI is InChI=1S/C18H20N4O/c1-11-5-12(2)7-15(6-11)19-18(23)10-22-17-9-14(4)13(3)8-16(17)20-21-22/h5-9H,10H2,1-4H3,(H,19,23). The maximum Gasteiger partial charge on any atom is 0.246 e. The number of anilines is 1. The Balaban J connectivity index is 1.81. The molecule has 1 amide bonds. The lowest BCUT2D eigenvalue weighted by Gasteiger charge is -2.08. The fourth-order valence-corrected chi connectivity index (χ4v) is 2.72. The van der Waals surface area contributed by atoms with Gasteiger partial charge in [-0.3, -0.25) is 4.79 Å². The van der Waals surface area contributed by atoms with Crippen molar-refractivity contribution in [2.75, 3.05) is 5.32 Å². The van der Waals surface area contributed by atoms with Gasteiger partial charge in [0, 0.05) is 5.69 Å². The van der Waals surface area contributed by atoms with Crippen LogP contribution in [-0.2, 0) is 11.3 Å². The molecule has 0 saturated heterocycles. The maximum absolute atomic E-state index is 12.3. The molecular weight excluding hydrogens is 288 g/mol. The number of hydrogen-bond acceptors (Lipinski definition) is 3. The van der Waals surface area contributed by atoms with Crippen LogP contribution in [0.1, 0.15) is 22.3 Å². The average molecular weight is 308 g/mol. The van der Waals surface area contributed by atoms with Gasteiger partial charge in [-0.15, -0.1) is 5.10 Å². The predicted octanol–water partition coefficient (Wildman–Crippen LogP) is 3.30. The number of carbonyl (C=O) groups is 1. The Morgan fingerprint density at radius 2 is 1.65 bits per heavy atom. The zero-order valence-corrected chi connectivity index (χ0v) is 13.8. The SMILES string of the molecule is Cc1cc(C)cc(NC(=O)Cn2nnc3cc(C)c(C)cc32)c1. The fraction of sp³-hybridized carbons (Fsp3) is 0.278. The van der Waals surface area contributed by atoms with Crippen LogP contribution in [-0.4, -0.2) is 20.9 Å². The highest BCUT2D eigenvalue weighted by atomic mass is 16.2. The zero-order valence-electron chi connectivity index (χ0n) is 13.8. The Labute approximate surface area is 135 Å². The first-order valence-electron chi connectivity index (χ1n) is 7.61. The largest absolute Gasteiger partial charge is 0.324 e. The molecule has 0 atom stereocenters. The van der Waals surface area contributed by atoms with Gasteiger partial charge >= 0.3 is 0 Å². The zero-order chi connectivity index (χ0) is 16.6. The van der Waals surface area contributed by atoms with Crippen molar-refractivity contribution in [3.8, 4) is 0 Å². The summed E-state index contributed by atoms with van der Waals surface area (Å²) < 4.78 is 1.64. The molecule has 0 spiro atoms. The van der Waals surface area contributed by atoms with Crippen molar-refractivity contribution in [3.63, 3.8) is 0 Å². The van der Waals surface area contributed by atoms with Crippen LogP contribution in [0.3, 0.4) is 0 Å². The molecule has 0 aliphatic heterocycles. The minimum absolute atomic E-state index is 0.111. The van der Waals surface area contributed by atoms with E-state index < -0.39 is 0 Å². The van der Waals surface area contributed by atoms with Crippen LogP contribution in [0.2, 0.25) is 0 Å². The summed E-state index contributed by atoms with van der Waals surface area (Å²) in [6.07, 6.45) is 0. The number of nitrogens with one attached hydrogen (secondary N) is 1. The van der Waals surface area contributed by atoms with Crippen LogP contribution in [0.25, 0.3) is 11.0 Å². The molecular formula is C18H20N4O. The summed E-state index contributed by atoms with van der Waals surface area (Å²) in [5.41, 5.74) is 7.08. The predicted molar refractivity (Wildman–Crippen MR) is 91.5 cm³/mol. The summed E-state index contributed by atoms with van der Waals surface area (Å²) >= 11 is 0. The molecule has 5 nitrogen and oxygen atoms in total. The molecule has 3 rings (SSSR count). The second-order valence-corrected chi connectivity index (χ2v) is 6.10. The fourth-order valence-electron chi connectivity index (χ4n) is 2.72. The van der Waals surface area contributed by atoms with Gasteiger partial charge in [0.15, 0.2) is 0 Å². The minimum atomic E-state index is -0.111. The molecule has 3 aromatic rings. The monoisotopic (exact) mass is 308 g/mol. The van der Waals surface area contributed by atoms with E-state index in [2.05, 4.69) is 21.7 Å². The highest BCUT2D eigenvalue weighted by molar-refractivity contribution is 5.91. The van der Waals surface area contributed by atoms with Gasteiger partial charge in [-0.25, -0.2) is 4.68 Å². The van der Waals surface area contributed by atoms with Crippen LogP contribution in [0, 0.1) is 27.7 Å². The smallest absolute Gasteiger partial charge is 0.246 e. The number of aromatic nitrogens is 3. The van der Waals surface area contributed by atoms with E-state index in [4.69, 9.17) is 0 Å². The molecule has 1 heterocycles. The van der Waals surface area contributed by atoms with Gasteiger partial charge in [0.25, 0.3) is 0 Å². The topological polar surface area (TPSA) is 59.8 Å². The van der Waals surface area contributed by atoms with Crippen LogP contribution in [0.5, 0.6) is 0 Å². The van der Waals surface area contributed by atoms with E-state index in [-0.39, 0.29) is 12.5 Å². The van der Waals surface area contributed by atoms with Crippen molar-refractivity contribution in [3.05, 3.63) is 52.6 Å². The van der Waals surface area contributed by atoms with Crippen molar-refractivity contribution in [2.45, 2.75) is 34.2 Å². The van der Waals surface area contributed by atoms with Crippen LogP contribution in [0.15, 0.2) is 30.3 Å². The van der Waals surface area contributed by atoms with Crippen molar-refractivity contribution >= 4 is 22.6 Å². The second-order valence-electron chi connectivity index (χ2n) is 6.10. The molecule has 0 aliphatic carbocycles. The Morgan fingerprint density at radius 1 is 1.00 bits per heavy atom. The maximum atomic E-state index is 12.3. The number of rotatable bonds is 3. The summed E-state index contributed by atoms with van der Waals surface area (Å²) in [5, 5.41) is 11.2. The molecule has 0 radical (unpaired) electrons. The van der Waals surface area contributed by atoms with Crippen LogP contribution in [0.4, 0.5) is 5.69 Å². The highest BCUT2D eigenvalue weighted by Gasteiger charge is 2.11. The number of benzene rings is 2. The molecule has 0 saturated carbocycles. The molecule has 5 heteroatoms. The van der Waals surface area contributed by atoms with E-state index in [1.807, 2.05) is 52.0 Å². The van der Waals surface area contributed by atoms with Gasteiger partial charge in [-0.2, -0.15) is 0 Å². The van der Waals surface area contributed by atoms with E-state index in [1.54, 1.807) is 4.68 Å². The average Bonchev–Trinajstić information content (AvgIpc) is 2.80. The summed E-state index contributed by atoms with van der Waals surface area (Å²) in [5.74, 6) is -0.111. The third-order valence-electron chi connectivity index (χ3n) is 3.93. The quantitative estimate of drug-likeness (QED) is 0.807. The second kappa shape index (κ2) is 5.83.